The summed E-state index contributed by atoms with van der Waals surface area (Å²) < 4.78 is 15.9. The lowest BCUT2D eigenvalue weighted by Crippen LogP contribution is -2.37. The highest BCUT2D eigenvalue weighted by Gasteiger charge is 2.21. The lowest BCUT2D eigenvalue weighted by atomic mass is 10.1. The third kappa shape index (κ3) is 7.07. The summed E-state index contributed by atoms with van der Waals surface area (Å²) >= 11 is 0. The molecule has 202 valence electrons. The third-order valence-electron chi connectivity index (χ3n) is 6.07. The lowest BCUT2D eigenvalue weighted by molar-refractivity contribution is 0.0388. The van der Waals surface area contributed by atoms with Crippen LogP contribution in [0.2, 0.25) is 0 Å². The normalized spacial score (nSPS) is 12.9. The van der Waals surface area contributed by atoms with Crippen LogP contribution in [0.1, 0.15) is 26.3 Å². The summed E-state index contributed by atoms with van der Waals surface area (Å²) in [6.45, 7) is 4.83. The zero-order chi connectivity index (χ0) is 27.6. The van der Waals surface area contributed by atoms with Gasteiger partial charge in [-0.25, -0.2) is 14.8 Å². The van der Waals surface area contributed by atoms with E-state index in [0.29, 0.717) is 61.4 Å². The van der Waals surface area contributed by atoms with Crippen LogP contribution in [0.5, 0.6) is 0 Å². The molecule has 39 heavy (non-hydrogen) atoms. The minimum absolute atomic E-state index is 0.0549. The van der Waals surface area contributed by atoms with Crippen molar-refractivity contribution in [2.24, 2.45) is 0 Å². The number of amides is 1. The van der Waals surface area contributed by atoms with Crippen molar-refractivity contribution in [2.45, 2.75) is 6.92 Å². The molecule has 4 rings (SSSR count). The Bertz CT molecular complexity index is 1350. The molecule has 2 aromatic carbocycles. The standard InChI is InChI=1S/C28H30N6O5/c1-19-18-31-28(33-25(19)20-3-5-21(6-4-20)26(35)30-10-9-29)32-22-7-8-24(34-11-13-38-14-12-34)23(17-22)27(36)39-16-15-37-2/h3-8,17-18H,10-16H2,1-2H3,(H,30,35)(H,31,32,33). The van der Waals surface area contributed by atoms with E-state index >= 15 is 0 Å². The van der Waals surface area contributed by atoms with E-state index in [9.17, 15) is 9.59 Å². The molecular weight excluding hydrogens is 500 g/mol. The van der Waals surface area contributed by atoms with Crippen LogP contribution in [-0.4, -0.2) is 75.0 Å². The van der Waals surface area contributed by atoms with Gasteiger partial charge < -0.3 is 29.7 Å². The number of aryl methyl sites for hydroxylation is 1. The van der Waals surface area contributed by atoms with E-state index in [2.05, 4.69) is 25.5 Å². The number of benzene rings is 2. The maximum absolute atomic E-state index is 13.0. The number of carbonyl (C=O) groups is 2. The molecule has 3 aromatic rings. The summed E-state index contributed by atoms with van der Waals surface area (Å²) in [6.07, 6.45) is 1.71. The van der Waals surface area contributed by atoms with Crippen molar-refractivity contribution in [1.29, 1.82) is 5.26 Å². The molecule has 1 aliphatic rings. The fourth-order valence-corrected chi connectivity index (χ4v) is 4.08. The number of nitrogens with zero attached hydrogens (tertiary/aromatic N) is 4. The van der Waals surface area contributed by atoms with E-state index < -0.39 is 5.97 Å². The summed E-state index contributed by atoms with van der Waals surface area (Å²) in [5.74, 6) is -0.409. The Morgan fingerprint density at radius 3 is 2.62 bits per heavy atom. The Kier molecular flexibility index (Phi) is 9.39. The highest BCUT2D eigenvalue weighted by atomic mass is 16.6. The van der Waals surface area contributed by atoms with E-state index in [1.807, 2.05) is 25.1 Å². The third-order valence-corrected chi connectivity index (χ3v) is 6.07. The Balaban J connectivity index is 1.57. The molecule has 2 N–H and O–H groups in total. The predicted molar refractivity (Wildman–Crippen MR) is 145 cm³/mol. The van der Waals surface area contributed by atoms with Crippen molar-refractivity contribution in [2.75, 3.05) is 63.4 Å². The molecule has 0 saturated carbocycles. The Labute approximate surface area is 226 Å². The average Bonchev–Trinajstić information content (AvgIpc) is 2.97. The van der Waals surface area contributed by atoms with Gasteiger partial charge >= 0.3 is 5.97 Å². The van der Waals surface area contributed by atoms with Gasteiger partial charge in [0.15, 0.2) is 0 Å². The first kappa shape index (κ1) is 27.5. The van der Waals surface area contributed by atoms with Gasteiger partial charge in [0.05, 0.1) is 42.8 Å². The van der Waals surface area contributed by atoms with E-state index in [0.717, 1.165) is 16.8 Å². The quantitative estimate of drug-likeness (QED) is 0.228. The number of morpholine rings is 1. The van der Waals surface area contributed by atoms with Crippen LogP contribution in [0.25, 0.3) is 11.3 Å². The second-order valence-corrected chi connectivity index (χ2v) is 8.73. The molecule has 0 atom stereocenters. The average molecular weight is 531 g/mol. The number of anilines is 3. The number of hydrogen-bond donors (Lipinski definition) is 2. The number of hydrogen-bond acceptors (Lipinski definition) is 10. The zero-order valence-corrected chi connectivity index (χ0v) is 21.9. The summed E-state index contributed by atoms with van der Waals surface area (Å²) in [7, 11) is 1.55. The van der Waals surface area contributed by atoms with Crippen molar-refractivity contribution < 1.29 is 23.8 Å². The van der Waals surface area contributed by atoms with Crippen molar-refractivity contribution >= 4 is 29.2 Å². The van der Waals surface area contributed by atoms with Crippen LogP contribution in [0.15, 0.2) is 48.7 Å². The second kappa shape index (κ2) is 13.3. The number of ether oxygens (including phenoxy) is 3. The second-order valence-electron chi connectivity index (χ2n) is 8.73. The molecule has 1 fully saturated rings. The summed E-state index contributed by atoms with van der Waals surface area (Å²) in [5.41, 5.74) is 4.63. The van der Waals surface area contributed by atoms with E-state index in [1.54, 1.807) is 43.6 Å². The van der Waals surface area contributed by atoms with Gasteiger partial charge in [-0.3, -0.25) is 4.79 Å². The van der Waals surface area contributed by atoms with Crippen LogP contribution >= 0.6 is 0 Å². The molecule has 1 amide bonds. The largest absolute Gasteiger partial charge is 0.460 e. The highest BCUT2D eigenvalue weighted by Crippen LogP contribution is 2.28. The minimum Gasteiger partial charge on any atom is -0.460 e. The molecule has 11 heteroatoms. The monoisotopic (exact) mass is 530 g/mol. The number of carbonyl (C=O) groups excluding carboxylic acids is 2. The van der Waals surface area contributed by atoms with Gasteiger partial charge in [0.2, 0.25) is 5.95 Å². The highest BCUT2D eigenvalue weighted by molar-refractivity contribution is 5.97. The van der Waals surface area contributed by atoms with Crippen LogP contribution in [0.4, 0.5) is 17.3 Å². The molecule has 0 bridgehead atoms. The smallest absolute Gasteiger partial charge is 0.340 e. The van der Waals surface area contributed by atoms with Crippen molar-refractivity contribution in [3.63, 3.8) is 0 Å². The van der Waals surface area contributed by atoms with Gasteiger partial charge in [-0.05, 0) is 42.8 Å². The van der Waals surface area contributed by atoms with Crippen LogP contribution in [0, 0.1) is 18.3 Å². The number of aromatic nitrogens is 2. The van der Waals surface area contributed by atoms with E-state index in [1.165, 1.54) is 0 Å². The van der Waals surface area contributed by atoms with Gasteiger partial charge in [-0.2, -0.15) is 5.26 Å². The fraction of sp³-hybridized carbons (Fsp3) is 0.321. The maximum Gasteiger partial charge on any atom is 0.340 e. The van der Waals surface area contributed by atoms with E-state index in [-0.39, 0.29) is 19.1 Å². The van der Waals surface area contributed by atoms with Gasteiger partial charge in [-0.1, -0.05) is 12.1 Å². The first-order valence-electron chi connectivity index (χ1n) is 12.5. The van der Waals surface area contributed by atoms with Gasteiger partial charge in [0, 0.05) is 43.2 Å². The molecule has 0 aliphatic carbocycles. The molecule has 2 heterocycles. The van der Waals surface area contributed by atoms with Crippen molar-refractivity contribution in [3.8, 4) is 17.3 Å². The number of nitriles is 1. The zero-order valence-electron chi connectivity index (χ0n) is 21.9. The molecule has 0 unspecified atom stereocenters. The molecule has 0 radical (unpaired) electrons. The number of nitrogens with one attached hydrogen (secondary N) is 2. The molecular formula is C28H30N6O5. The molecule has 11 nitrogen and oxygen atoms in total. The van der Waals surface area contributed by atoms with Gasteiger partial charge in [-0.15, -0.1) is 0 Å². The Hall–Kier alpha value is -4.53. The number of rotatable bonds is 10. The Morgan fingerprint density at radius 1 is 1.13 bits per heavy atom. The SMILES string of the molecule is COCCOC(=O)c1cc(Nc2ncc(C)c(-c3ccc(C(=O)NCC#N)cc3)n2)ccc1N1CCOCC1. The lowest BCUT2D eigenvalue weighted by Gasteiger charge is -2.30. The molecule has 1 aromatic heterocycles. The summed E-state index contributed by atoms with van der Waals surface area (Å²) in [5, 5.41) is 14.4. The fourth-order valence-electron chi connectivity index (χ4n) is 4.08. The minimum atomic E-state index is -0.443. The molecule has 1 aliphatic heterocycles. The molecule has 0 spiro atoms. The predicted octanol–water partition coefficient (Wildman–Crippen LogP) is 3.09. The van der Waals surface area contributed by atoms with Crippen LogP contribution in [0.3, 0.4) is 0 Å². The first-order valence-corrected chi connectivity index (χ1v) is 12.5. The molecule has 1 saturated heterocycles. The number of esters is 1. The van der Waals surface area contributed by atoms with Crippen LogP contribution < -0.4 is 15.5 Å². The maximum atomic E-state index is 13.0. The van der Waals surface area contributed by atoms with Crippen LogP contribution in [-0.2, 0) is 14.2 Å². The van der Waals surface area contributed by atoms with Gasteiger partial charge in [0.25, 0.3) is 5.91 Å². The van der Waals surface area contributed by atoms with Crippen molar-refractivity contribution in [3.05, 3.63) is 65.4 Å². The van der Waals surface area contributed by atoms with Gasteiger partial charge in [0.1, 0.15) is 13.2 Å². The summed E-state index contributed by atoms with van der Waals surface area (Å²) in [4.78, 5) is 36.3. The summed E-state index contributed by atoms with van der Waals surface area (Å²) in [6, 6.07) is 14.3. The Morgan fingerprint density at radius 2 is 1.90 bits per heavy atom. The van der Waals surface area contributed by atoms with E-state index in [4.69, 9.17) is 19.5 Å². The first-order chi connectivity index (χ1) is 19.0. The van der Waals surface area contributed by atoms with Crippen molar-refractivity contribution in [1.82, 2.24) is 15.3 Å². The number of methoxy groups -OCH3 is 1. The topological polar surface area (TPSA) is 139 Å².